The number of rotatable bonds is 13. The summed E-state index contributed by atoms with van der Waals surface area (Å²) in [6.07, 6.45) is 7.87. The number of nitrogens with zero attached hydrogens (tertiary/aromatic N) is 4. The maximum atomic E-state index is 6.85. The lowest BCUT2D eigenvalue weighted by atomic mass is 9.88. The molecule has 0 N–H and O–H groups in total. The van der Waals surface area contributed by atoms with Gasteiger partial charge in [0.05, 0.1) is 22.1 Å². The van der Waals surface area contributed by atoms with Crippen molar-refractivity contribution in [3.8, 4) is 5.69 Å². The molecule has 0 saturated carbocycles. The zero-order valence-corrected chi connectivity index (χ0v) is 43.9. The molecule has 14 aromatic rings. The summed E-state index contributed by atoms with van der Waals surface area (Å²) >= 11 is 0. The van der Waals surface area contributed by atoms with E-state index < -0.39 is 0 Å². The number of benzene rings is 11. The summed E-state index contributed by atoms with van der Waals surface area (Å²) in [6.45, 7) is 12.3. The Morgan fingerprint density at radius 3 is 1.50 bits per heavy atom. The van der Waals surface area contributed by atoms with Crippen LogP contribution in [0.1, 0.15) is 27.8 Å². The van der Waals surface area contributed by atoms with Crippen LogP contribution in [0.15, 0.2) is 265 Å². The Balaban J connectivity index is 0.872. The van der Waals surface area contributed by atoms with E-state index >= 15 is 0 Å². The van der Waals surface area contributed by atoms with Gasteiger partial charge in [-0.3, -0.25) is 0 Å². The first-order chi connectivity index (χ1) is 39.5. The van der Waals surface area contributed by atoms with Crippen LogP contribution in [-0.2, 0) is 12.8 Å². The third-order valence-electron chi connectivity index (χ3n) is 16.1. The molecule has 15 rings (SSSR count). The van der Waals surface area contributed by atoms with Gasteiger partial charge in [0.1, 0.15) is 22.3 Å². The fourth-order valence-corrected chi connectivity index (χ4v) is 12.1. The monoisotopic (exact) mass is 1030 g/mol. The highest BCUT2D eigenvalue weighted by molar-refractivity contribution is 6.16. The molecule has 0 amide bonds. The minimum atomic E-state index is 0.791. The average molecular weight is 1030 g/mol. The molecule has 1 aliphatic rings. The third kappa shape index (κ3) is 7.71. The van der Waals surface area contributed by atoms with Gasteiger partial charge >= 0.3 is 0 Å². The standard InChI is InChI=1S/C74H52N4O2/c1-4-48-21-28-55(29-22-48)75(60-36-40-71-66(46-60)74-69(41-50(6-3)42-73(74)80-71)77(53-15-9-7-10-16-53)57-32-27-51-25-26-52(51)43-57)59-35-39-70-65(45-59)63-37-33-61(47-72(63)79-70)76(56-30-23-49(5-2)24-31-56)58-34-38-68-64(44-58)62-19-13-14-20-67(62)78(68)54-17-11-8-12-18-54/h4-24,27-47H,1-3,25-26H2. The Morgan fingerprint density at radius 1 is 0.325 bits per heavy atom. The van der Waals surface area contributed by atoms with Gasteiger partial charge in [-0.25, -0.2) is 0 Å². The fourth-order valence-electron chi connectivity index (χ4n) is 12.1. The van der Waals surface area contributed by atoms with E-state index in [1.54, 1.807) is 0 Å². The van der Waals surface area contributed by atoms with E-state index in [0.29, 0.717) is 0 Å². The van der Waals surface area contributed by atoms with E-state index in [1.807, 2.05) is 18.2 Å². The van der Waals surface area contributed by atoms with Crippen LogP contribution < -0.4 is 14.7 Å². The fraction of sp³-hybridized carbons (Fsp3) is 0.0270. The molecule has 3 heterocycles. The van der Waals surface area contributed by atoms with Crippen LogP contribution in [0.25, 0.3) is 89.6 Å². The number of anilines is 9. The number of hydrogen-bond acceptors (Lipinski definition) is 5. The van der Waals surface area contributed by atoms with Crippen LogP contribution in [0.4, 0.5) is 51.2 Å². The molecule has 380 valence electrons. The summed E-state index contributed by atoms with van der Waals surface area (Å²) in [7, 11) is 0. The minimum absolute atomic E-state index is 0.791. The summed E-state index contributed by atoms with van der Waals surface area (Å²) in [5.74, 6) is 0. The van der Waals surface area contributed by atoms with Crippen LogP contribution in [0.2, 0.25) is 0 Å². The van der Waals surface area contributed by atoms with Crippen LogP contribution in [0.3, 0.4) is 0 Å². The Hall–Kier alpha value is -10.6. The predicted octanol–water partition coefficient (Wildman–Crippen LogP) is 21.0. The molecule has 3 aromatic heterocycles. The summed E-state index contributed by atoms with van der Waals surface area (Å²) in [5, 5.41) is 6.43. The second kappa shape index (κ2) is 18.9. The second-order valence-electron chi connectivity index (χ2n) is 20.6. The first-order valence-electron chi connectivity index (χ1n) is 27.2. The Morgan fingerprint density at radius 2 is 0.838 bits per heavy atom. The zero-order chi connectivity index (χ0) is 53.4. The van der Waals surface area contributed by atoms with Gasteiger partial charge in [0.25, 0.3) is 0 Å². The first kappa shape index (κ1) is 46.7. The van der Waals surface area contributed by atoms with Crippen molar-refractivity contribution >= 4 is 135 Å². The van der Waals surface area contributed by atoms with E-state index in [9.17, 15) is 0 Å². The summed E-state index contributed by atoms with van der Waals surface area (Å²) < 4.78 is 16.0. The molecule has 6 nitrogen and oxygen atoms in total. The van der Waals surface area contributed by atoms with E-state index in [2.05, 4.69) is 276 Å². The van der Waals surface area contributed by atoms with E-state index in [4.69, 9.17) is 8.83 Å². The van der Waals surface area contributed by atoms with E-state index in [-0.39, 0.29) is 0 Å². The van der Waals surface area contributed by atoms with Gasteiger partial charge in [-0.05, 0) is 186 Å². The lowest BCUT2D eigenvalue weighted by Crippen LogP contribution is -2.14. The largest absolute Gasteiger partial charge is 0.456 e. The number of hydrogen-bond donors (Lipinski definition) is 0. The van der Waals surface area contributed by atoms with Crippen molar-refractivity contribution in [2.45, 2.75) is 12.8 Å². The quantitative estimate of drug-likeness (QED) is 0.115. The predicted molar refractivity (Wildman–Crippen MR) is 337 cm³/mol. The molecular formula is C74H52N4O2. The summed E-state index contributed by atoms with van der Waals surface area (Å²) in [4.78, 5) is 7.00. The van der Waals surface area contributed by atoms with Gasteiger partial charge in [0.2, 0.25) is 0 Å². The maximum absolute atomic E-state index is 6.85. The SMILES string of the molecule is C=Cc1ccc(N(c2ccc3oc4cc(N(c5ccc(C=C)cc5)c5ccc6c(c5)c5ccccc5n6-c5ccccc5)ccc4c3c2)c2ccc3oc4cc(C=C)cc(N(c5ccccc5)c5ccc6c(c5)CC6)c4c3c2)cc1. The van der Waals surface area contributed by atoms with Crippen molar-refractivity contribution in [3.05, 3.63) is 284 Å². The summed E-state index contributed by atoms with van der Waals surface area (Å²) in [5.41, 5.74) is 21.7. The second-order valence-corrected chi connectivity index (χ2v) is 20.6. The highest BCUT2D eigenvalue weighted by Gasteiger charge is 2.25. The lowest BCUT2D eigenvalue weighted by Gasteiger charge is -2.29. The van der Waals surface area contributed by atoms with Crippen LogP contribution in [0, 0.1) is 0 Å². The molecule has 0 fully saturated rings. The molecule has 0 atom stereocenters. The molecule has 11 aromatic carbocycles. The highest BCUT2D eigenvalue weighted by atomic mass is 16.3. The summed E-state index contributed by atoms with van der Waals surface area (Å²) in [6, 6.07) is 84.6. The van der Waals surface area contributed by atoms with Gasteiger partial charge in [-0.15, -0.1) is 0 Å². The normalized spacial score (nSPS) is 12.1. The van der Waals surface area contributed by atoms with Gasteiger partial charge in [0, 0.05) is 84.2 Å². The van der Waals surface area contributed by atoms with E-state index in [0.717, 1.165) is 141 Å². The minimum Gasteiger partial charge on any atom is -0.456 e. The number of aryl methyl sites for hydroxylation is 2. The van der Waals surface area contributed by atoms with Crippen LogP contribution in [0.5, 0.6) is 0 Å². The molecule has 0 spiro atoms. The molecule has 6 heteroatoms. The van der Waals surface area contributed by atoms with Crippen LogP contribution in [-0.4, -0.2) is 4.57 Å². The maximum Gasteiger partial charge on any atom is 0.138 e. The molecule has 0 radical (unpaired) electrons. The molecule has 0 unspecified atom stereocenters. The Bertz CT molecular complexity index is 4780. The Kier molecular flexibility index (Phi) is 11.0. The molecule has 80 heavy (non-hydrogen) atoms. The van der Waals surface area contributed by atoms with E-state index in [1.165, 1.54) is 21.9 Å². The van der Waals surface area contributed by atoms with Gasteiger partial charge in [-0.2, -0.15) is 0 Å². The number of fused-ring (bicyclic) bond motifs is 10. The van der Waals surface area contributed by atoms with Crippen molar-refractivity contribution in [2.24, 2.45) is 0 Å². The Labute approximate surface area is 463 Å². The van der Waals surface area contributed by atoms with Gasteiger partial charge < -0.3 is 28.1 Å². The van der Waals surface area contributed by atoms with Crippen molar-refractivity contribution in [1.82, 2.24) is 4.57 Å². The number of aromatic nitrogens is 1. The van der Waals surface area contributed by atoms with Gasteiger partial charge in [-0.1, -0.05) is 123 Å². The molecule has 0 saturated heterocycles. The van der Waals surface area contributed by atoms with Crippen LogP contribution >= 0.6 is 0 Å². The van der Waals surface area contributed by atoms with Crippen molar-refractivity contribution in [1.29, 1.82) is 0 Å². The van der Waals surface area contributed by atoms with Crippen molar-refractivity contribution in [2.75, 3.05) is 14.7 Å². The number of para-hydroxylation sites is 3. The molecule has 1 aliphatic carbocycles. The number of furan rings is 2. The molecule has 0 bridgehead atoms. The highest BCUT2D eigenvalue weighted by Crippen LogP contribution is 2.48. The molecular weight excluding hydrogens is 977 g/mol. The molecule has 0 aliphatic heterocycles. The topological polar surface area (TPSA) is 40.9 Å². The smallest absolute Gasteiger partial charge is 0.138 e. The average Bonchev–Trinajstić information content (AvgIpc) is 4.36. The zero-order valence-electron chi connectivity index (χ0n) is 43.9. The lowest BCUT2D eigenvalue weighted by molar-refractivity contribution is 0.668. The van der Waals surface area contributed by atoms with Gasteiger partial charge in [0.15, 0.2) is 0 Å². The van der Waals surface area contributed by atoms with Crippen molar-refractivity contribution < 1.29 is 8.83 Å². The third-order valence-corrected chi connectivity index (χ3v) is 16.1. The van der Waals surface area contributed by atoms with Crippen molar-refractivity contribution in [3.63, 3.8) is 0 Å². The first-order valence-corrected chi connectivity index (χ1v) is 27.2.